The molecule has 1 aliphatic rings. The number of rotatable bonds is 6. The molecule has 2 rings (SSSR count). The van der Waals surface area contributed by atoms with Crippen molar-refractivity contribution in [1.82, 2.24) is 16.0 Å². The summed E-state index contributed by atoms with van der Waals surface area (Å²) in [6.07, 6.45) is 1.62. The van der Waals surface area contributed by atoms with Crippen LogP contribution in [0.15, 0.2) is 30.3 Å². The topological polar surface area (TPSA) is 70.2 Å². The van der Waals surface area contributed by atoms with E-state index < -0.39 is 0 Å². The molecule has 0 saturated carbocycles. The number of hydrogen-bond acceptors (Lipinski definition) is 3. The standard InChI is InChI=1S/C16H23N3O2/c1-2-16(8-9-17-12-16)15(21)19-11-14(20)18-10-13-6-4-3-5-7-13/h3-7,17H,2,8-12H2,1H3,(H,18,20)(H,19,21). The Bertz CT molecular complexity index is 482. The molecule has 0 radical (unpaired) electrons. The van der Waals surface area contributed by atoms with E-state index in [1.54, 1.807) is 0 Å². The van der Waals surface area contributed by atoms with Gasteiger partial charge in [-0.3, -0.25) is 9.59 Å². The van der Waals surface area contributed by atoms with E-state index in [0.29, 0.717) is 13.1 Å². The fourth-order valence-electron chi connectivity index (χ4n) is 2.61. The molecule has 5 heteroatoms. The zero-order valence-corrected chi connectivity index (χ0v) is 12.4. The summed E-state index contributed by atoms with van der Waals surface area (Å²) in [7, 11) is 0. The van der Waals surface area contributed by atoms with Gasteiger partial charge in [0.2, 0.25) is 11.8 Å². The van der Waals surface area contributed by atoms with Gasteiger partial charge >= 0.3 is 0 Å². The molecule has 0 bridgehead atoms. The number of amides is 2. The van der Waals surface area contributed by atoms with Gasteiger partial charge in [-0.1, -0.05) is 37.3 Å². The monoisotopic (exact) mass is 289 g/mol. The maximum absolute atomic E-state index is 12.2. The lowest BCUT2D eigenvalue weighted by atomic mass is 9.83. The molecule has 3 N–H and O–H groups in total. The van der Waals surface area contributed by atoms with Gasteiger partial charge in [0.25, 0.3) is 0 Å². The molecule has 1 heterocycles. The molecule has 1 aliphatic heterocycles. The number of hydrogen-bond donors (Lipinski definition) is 3. The molecule has 0 spiro atoms. The third-order valence-corrected chi connectivity index (χ3v) is 4.14. The lowest BCUT2D eigenvalue weighted by Crippen LogP contribution is -2.45. The average Bonchev–Trinajstić information content (AvgIpc) is 3.02. The molecule has 0 aliphatic carbocycles. The van der Waals surface area contributed by atoms with E-state index in [1.165, 1.54) is 0 Å². The van der Waals surface area contributed by atoms with Gasteiger partial charge in [0.05, 0.1) is 12.0 Å². The van der Waals surface area contributed by atoms with Crippen molar-refractivity contribution >= 4 is 11.8 Å². The quantitative estimate of drug-likeness (QED) is 0.726. The van der Waals surface area contributed by atoms with Crippen LogP contribution in [0.25, 0.3) is 0 Å². The summed E-state index contributed by atoms with van der Waals surface area (Å²) in [5.74, 6) is -0.186. The first-order valence-corrected chi connectivity index (χ1v) is 7.46. The lowest BCUT2D eigenvalue weighted by Gasteiger charge is -2.25. The van der Waals surface area contributed by atoms with Crippen molar-refractivity contribution in [2.45, 2.75) is 26.3 Å². The summed E-state index contributed by atoms with van der Waals surface area (Å²) in [5.41, 5.74) is 0.696. The Balaban J connectivity index is 1.75. The van der Waals surface area contributed by atoms with Crippen molar-refractivity contribution in [2.24, 2.45) is 5.41 Å². The van der Waals surface area contributed by atoms with Crippen molar-refractivity contribution < 1.29 is 9.59 Å². The first-order chi connectivity index (χ1) is 10.2. The highest BCUT2D eigenvalue weighted by Crippen LogP contribution is 2.29. The number of carbonyl (C=O) groups is 2. The zero-order valence-electron chi connectivity index (χ0n) is 12.4. The van der Waals surface area contributed by atoms with Gasteiger partial charge in [-0.2, -0.15) is 0 Å². The van der Waals surface area contributed by atoms with Gasteiger partial charge in [-0.05, 0) is 24.9 Å². The third-order valence-electron chi connectivity index (χ3n) is 4.14. The Morgan fingerprint density at radius 2 is 2.00 bits per heavy atom. The Morgan fingerprint density at radius 1 is 1.24 bits per heavy atom. The van der Waals surface area contributed by atoms with Crippen LogP contribution in [0.4, 0.5) is 0 Å². The second-order valence-electron chi connectivity index (χ2n) is 5.51. The minimum Gasteiger partial charge on any atom is -0.350 e. The second-order valence-corrected chi connectivity index (χ2v) is 5.51. The molecular weight excluding hydrogens is 266 g/mol. The Hall–Kier alpha value is -1.88. The molecule has 1 fully saturated rings. The minimum absolute atomic E-state index is 0.0233. The molecule has 2 amide bonds. The van der Waals surface area contributed by atoms with E-state index in [0.717, 1.165) is 24.9 Å². The van der Waals surface area contributed by atoms with E-state index in [1.807, 2.05) is 37.3 Å². The SMILES string of the molecule is CCC1(C(=O)NCC(=O)NCc2ccccc2)CCNC1. The molecule has 5 nitrogen and oxygen atoms in total. The number of benzene rings is 1. The first kappa shape index (κ1) is 15.5. The van der Waals surface area contributed by atoms with Crippen molar-refractivity contribution in [3.63, 3.8) is 0 Å². The highest BCUT2D eigenvalue weighted by atomic mass is 16.2. The molecular formula is C16H23N3O2. The summed E-state index contributed by atoms with van der Waals surface area (Å²) in [6, 6.07) is 9.71. The Labute approximate surface area is 125 Å². The normalized spacial score (nSPS) is 21.0. The van der Waals surface area contributed by atoms with Crippen LogP contribution >= 0.6 is 0 Å². The first-order valence-electron chi connectivity index (χ1n) is 7.46. The smallest absolute Gasteiger partial charge is 0.239 e. The predicted octanol–water partition coefficient (Wildman–Crippen LogP) is 0.809. The predicted molar refractivity (Wildman–Crippen MR) is 81.5 cm³/mol. The van der Waals surface area contributed by atoms with E-state index in [2.05, 4.69) is 16.0 Å². The van der Waals surface area contributed by atoms with Gasteiger partial charge in [-0.25, -0.2) is 0 Å². The second kappa shape index (κ2) is 7.22. The number of carbonyl (C=O) groups excluding carboxylic acids is 2. The van der Waals surface area contributed by atoms with Crippen LogP contribution < -0.4 is 16.0 Å². The van der Waals surface area contributed by atoms with Crippen LogP contribution in [-0.4, -0.2) is 31.4 Å². The van der Waals surface area contributed by atoms with Gasteiger partial charge in [0.15, 0.2) is 0 Å². The summed E-state index contributed by atoms with van der Waals surface area (Å²) in [5, 5.41) is 8.79. The van der Waals surface area contributed by atoms with Gasteiger partial charge in [-0.15, -0.1) is 0 Å². The van der Waals surface area contributed by atoms with E-state index in [4.69, 9.17) is 0 Å². The molecule has 1 atom stereocenters. The van der Waals surface area contributed by atoms with E-state index in [9.17, 15) is 9.59 Å². The van der Waals surface area contributed by atoms with Crippen molar-refractivity contribution in [3.05, 3.63) is 35.9 Å². The van der Waals surface area contributed by atoms with E-state index in [-0.39, 0.29) is 23.8 Å². The van der Waals surface area contributed by atoms with Crippen LogP contribution in [0.5, 0.6) is 0 Å². The van der Waals surface area contributed by atoms with Gasteiger partial charge < -0.3 is 16.0 Å². The van der Waals surface area contributed by atoms with Gasteiger partial charge in [0.1, 0.15) is 0 Å². The third kappa shape index (κ3) is 4.04. The fraction of sp³-hybridized carbons (Fsp3) is 0.500. The maximum atomic E-state index is 12.2. The molecule has 21 heavy (non-hydrogen) atoms. The summed E-state index contributed by atoms with van der Waals surface area (Å²) < 4.78 is 0. The zero-order chi connectivity index (χ0) is 15.1. The van der Waals surface area contributed by atoms with Crippen LogP contribution in [0, 0.1) is 5.41 Å². The van der Waals surface area contributed by atoms with Crippen LogP contribution in [0.3, 0.4) is 0 Å². The number of nitrogens with one attached hydrogen (secondary N) is 3. The van der Waals surface area contributed by atoms with Gasteiger partial charge in [0, 0.05) is 13.1 Å². The highest BCUT2D eigenvalue weighted by molar-refractivity contribution is 5.88. The fourth-order valence-corrected chi connectivity index (χ4v) is 2.61. The summed E-state index contributed by atoms with van der Waals surface area (Å²) >= 11 is 0. The van der Waals surface area contributed by atoms with Crippen molar-refractivity contribution in [2.75, 3.05) is 19.6 Å². The largest absolute Gasteiger partial charge is 0.350 e. The highest BCUT2D eigenvalue weighted by Gasteiger charge is 2.39. The molecule has 1 saturated heterocycles. The van der Waals surface area contributed by atoms with Crippen molar-refractivity contribution in [1.29, 1.82) is 0 Å². The molecule has 0 aromatic heterocycles. The molecule has 114 valence electrons. The molecule has 1 unspecified atom stereocenters. The maximum Gasteiger partial charge on any atom is 0.239 e. The Kier molecular flexibility index (Phi) is 5.33. The van der Waals surface area contributed by atoms with Crippen molar-refractivity contribution in [3.8, 4) is 0 Å². The molecule has 1 aromatic rings. The summed E-state index contributed by atoms with van der Waals surface area (Å²) in [4.78, 5) is 24.0. The van der Waals surface area contributed by atoms with Crippen LogP contribution in [-0.2, 0) is 16.1 Å². The minimum atomic E-state index is -0.348. The van der Waals surface area contributed by atoms with Crippen LogP contribution in [0.1, 0.15) is 25.3 Å². The molecule has 1 aromatic carbocycles. The summed E-state index contributed by atoms with van der Waals surface area (Å²) in [6.45, 7) is 4.09. The Morgan fingerprint density at radius 3 is 2.62 bits per heavy atom. The van der Waals surface area contributed by atoms with Crippen LogP contribution in [0.2, 0.25) is 0 Å². The van der Waals surface area contributed by atoms with E-state index >= 15 is 0 Å². The lowest BCUT2D eigenvalue weighted by molar-refractivity contribution is -0.132. The average molecular weight is 289 g/mol.